The van der Waals surface area contributed by atoms with E-state index in [-0.39, 0.29) is 5.75 Å². The molecule has 0 aliphatic carbocycles. The van der Waals surface area contributed by atoms with Crippen molar-refractivity contribution in [1.29, 1.82) is 0 Å². The Hall–Kier alpha value is -2.01. The summed E-state index contributed by atoms with van der Waals surface area (Å²) in [6.07, 6.45) is 7.88. The van der Waals surface area contributed by atoms with Crippen LogP contribution < -0.4 is 10.1 Å². The highest BCUT2D eigenvalue weighted by molar-refractivity contribution is 5.41. The predicted molar refractivity (Wildman–Crippen MR) is 82.4 cm³/mol. The predicted octanol–water partition coefficient (Wildman–Crippen LogP) is 2.56. The van der Waals surface area contributed by atoms with Crippen molar-refractivity contribution in [3.05, 3.63) is 42.5 Å². The average Bonchev–Trinajstić information content (AvgIpc) is 2.99. The minimum absolute atomic E-state index is 0.195. The number of aromatic hydroxyl groups is 1. The third kappa shape index (κ3) is 5.11. The minimum Gasteiger partial charge on any atom is -0.504 e. The zero-order valence-corrected chi connectivity index (χ0v) is 12.5. The molecule has 0 bridgehead atoms. The summed E-state index contributed by atoms with van der Waals surface area (Å²) in [5.41, 5.74) is 1.12. The number of hydrogen-bond acceptors (Lipinski definition) is 4. The Labute approximate surface area is 125 Å². The molecule has 21 heavy (non-hydrogen) atoms. The molecule has 0 amide bonds. The van der Waals surface area contributed by atoms with Crippen molar-refractivity contribution in [3.63, 3.8) is 0 Å². The lowest BCUT2D eigenvalue weighted by atomic mass is 10.2. The highest BCUT2D eigenvalue weighted by Crippen LogP contribution is 2.26. The number of hydrogen-bond donors (Lipinski definition) is 2. The third-order valence-electron chi connectivity index (χ3n) is 3.23. The van der Waals surface area contributed by atoms with E-state index >= 15 is 0 Å². The van der Waals surface area contributed by atoms with Crippen molar-refractivity contribution >= 4 is 0 Å². The molecule has 0 atom stereocenters. The monoisotopic (exact) mass is 289 g/mol. The number of nitrogens with one attached hydrogen (secondary N) is 1. The summed E-state index contributed by atoms with van der Waals surface area (Å²) in [4.78, 5) is 4.02. The van der Waals surface area contributed by atoms with Gasteiger partial charge in [0.2, 0.25) is 0 Å². The number of rotatable bonds is 9. The van der Waals surface area contributed by atoms with Gasteiger partial charge >= 0.3 is 0 Å². The fourth-order valence-corrected chi connectivity index (χ4v) is 2.14. The second-order valence-electron chi connectivity index (χ2n) is 4.92. The molecular formula is C16H23N3O2. The van der Waals surface area contributed by atoms with Crippen LogP contribution in [0.15, 0.2) is 36.9 Å². The second-order valence-corrected chi connectivity index (χ2v) is 4.92. The maximum Gasteiger partial charge on any atom is 0.161 e. The topological polar surface area (TPSA) is 59.3 Å². The van der Waals surface area contributed by atoms with Gasteiger partial charge in [-0.05, 0) is 44.0 Å². The molecule has 0 saturated carbocycles. The first kappa shape index (κ1) is 15.4. The summed E-state index contributed by atoms with van der Waals surface area (Å²) in [6, 6.07) is 5.48. The van der Waals surface area contributed by atoms with Crippen molar-refractivity contribution in [3.8, 4) is 11.5 Å². The van der Waals surface area contributed by atoms with E-state index in [9.17, 15) is 5.11 Å². The Morgan fingerprint density at radius 3 is 3.00 bits per heavy atom. The summed E-state index contributed by atoms with van der Waals surface area (Å²) in [6.45, 7) is 5.23. The molecule has 0 aliphatic heterocycles. The first-order chi connectivity index (χ1) is 10.3. The number of aromatic nitrogens is 2. The number of unbranched alkanes of at least 4 members (excludes halogenated alkanes) is 1. The molecule has 0 saturated heterocycles. The van der Waals surface area contributed by atoms with E-state index in [0.717, 1.165) is 38.0 Å². The van der Waals surface area contributed by atoms with Crippen LogP contribution in [0.1, 0.15) is 25.3 Å². The highest BCUT2D eigenvalue weighted by atomic mass is 16.5. The van der Waals surface area contributed by atoms with E-state index in [2.05, 4.69) is 14.9 Å². The van der Waals surface area contributed by atoms with Crippen molar-refractivity contribution in [2.45, 2.75) is 32.9 Å². The van der Waals surface area contributed by atoms with Crippen LogP contribution in [0.25, 0.3) is 0 Å². The number of aryl methyl sites for hydroxylation is 1. The molecule has 0 spiro atoms. The Morgan fingerprint density at radius 1 is 1.33 bits per heavy atom. The molecule has 2 N–H and O–H groups in total. The van der Waals surface area contributed by atoms with Gasteiger partial charge < -0.3 is 19.7 Å². The van der Waals surface area contributed by atoms with Crippen LogP contribution in [0.5, 0.6) is 11.5 Å². The van der Waals surface area contributed by atoms with Crippen LogP contribution in [0.3, 0.4) is 0 Å². The number of imidazole rings is 1. The SMILES string of the molecule is CCOc1cc(CNCCCCn2ccnc2)ccc1O. The van der Waals surface area contributed by atoms with Crippen LogP contribution in [-0.2, 0) is 13.1 Å². The first-order valence-electron chi connectivity index (χ1n) is 7.40. The normalized spacial score (nSPS) is 10.7. The van der Waals surface area contributed by atoms with Gasteiger partial charge in [0.05, 0.1) is 12.9 Å². The lowest BCUT2D eigenvalue weighted by Crippen LogP contribution is -2.15. The molecule has 2 aromatic rings. The van der Waals surface area contributed by atoms with Crippen LogP contribution in [0, 0.1) is 0 Å². The molecule has 1 heterocycles. The molecule has 2 rings (SSSR count). The Kier molecular flexibility index (Phi) is 6.09. The van der Waals surface area contributed by atoms with E-state index in [0.29, 0.717) is 12.4 Å². The summed E-state index contributed by atoms with van der Waals surface area (Å²) < 4.78 is 7.47. The van der Waals surface area contributed by atoms with Crippen molar-refractivity contribution < 1.29 is 9.84 Å². The van der Waals surface area contributed by atoms with E-state index in [1.165, 1.54) is 0 Å². The maximum atomic E-state index is 9.65. The van der Waals surface area contributed by atoms with Crippen LogP contribution in [-0.4, -0.2) is 27.8 Å². The van der Waals surface area contributed by atoms with Crippen molar-refractivity contribution in [2.24, 2.45) is 0 Å². The molecule has 0 aliphatic rings. The zero-order valence-electron chi connectivity index (χ0n) is 12.5. The van der Waals surface area contributed by atoms with Crippen LogP contribution in [0.4, 0.5) is 0 Å². The Bertz CT molecular complexity index is 526. The van der Waals surface area contributed by atoms with Gasteiger partial charge in [0.15, 0.2) is 11.5 Å². The largest absolute Gasteiger partial charge is 0.504 e. The molecule has 1 aromatic heterocycles. The lowest BCUT2D eigenvalue weighted by Gasteiger charge is -2.09. The zero-order chi connectivity index (χ0) is 14.9. The number of ether oxygens (including phenoxy) is 1. The first-order valence-corrected chi connectivity index (χ1v) is 7.40. The maximum absolute atomic E-state index is 9.65. The van der Waals surface area contributed by atoms with Gasteiger partial charge in [0.1, 0.15) is 0 Å². The Balaban J connectivity index is 1.65. The van der Waals surface area contributed by atoms with E-state index in [1.807, 2.05) is 31.6 Å². The van der Waals surface area contributed by atoms with E-state index in [1.54, 1.807) is 12.3 Å². The number of phenolic OH excluding ortho intramolecular Hbond substituents is 1. The molecule has 0 radical (unpaired) electrons. The third-order valence-corrected chi connectivity index (χ3v) is 3.23. The van der Waals surface area contributed by atoms with Crippen LogP contribution >= 0.6 is 0 Å². The lowest BCUT2D eigenvalue weighted by molar-refractivity contribution is 0.317. The van der Waals surface area contributed by atoms with E-state index in [4.69, 9.17) is 4.74 Å². The molecule has 0 unspecified atom stereocenters. The van der Waals surface area contributed by atoms with Gasteiger partial charge in [-0.1, -0.05) is 6.07 Å². The fraction of sp³-hybridized carbons (Fsp3) is 0.438. The fourth-order valence-electron chi connectivity index (χ4n) is 2.14. The molecule has 114 valence electrons. The summed E-state index contributed by atoms with van der Waals surface area (Å²) in [5, 5.41) is 13.1. The summed E-state index contributed by atoms with van der Waals surface area (Å²) in [7, 11) is 0. The molecule has 5 nitrogen and oxygen atoms in total. The van der Waals surface area contributed by atoms with Crippen molar-refractivity contribution in [1.82, 2.24) is 14.9 Å². The second kappa shape index (κ2) is 8.32. The van der Waals surface area contributed by atoms with Gasteiger partial charge in [0, 0.05) is 25.5 Å². The quantitative estimate of drug-likeness (QED) is 0.697. The molecule has 5 heteroatoms. The average molecular weight is 289 g/mol. The van der Waals surface area contributed by atoms with E-state index < -0.39 is 0 Å². The standard InChI is InChI=1S/C16H23N3O2/c1-2-21-16-11-14(5-6-15(16)20)12-17-7-3-4-9-19-10-8-18-13-19/h5-6,8,10-11,13,17,20H,2-4,7,9,12H2,1H3. The van der Waals surface area contributed by atoms with Crippen molar-refractivity contribution in [2.75, 3.05) is 13.2 Å². The smallest absolute Gasteiger partial charge is 0.161 e. The summed E-state index contributed by atoms with van der Waals surface area (Å²) >= 11 is 0. The molecule has 0 fully saturated rings. The number of benzene rings is 1. The molecule has 1 aromatic carbocycles. The van der Waals surface area contributed by atoms with Gasteiger partial charge in [-0.2, -0.15) is 0 Å². The highest BCUT2D eigenvalue weighted by Gasteiger charge is 2.03. The van der Waals surface area contributed by atoms with Crippen LogP contribution in [0.2, 0.25) is 0 Å². The van der Waals surface area contributed by atoms with Gasteiger partial charge in [-0.25, -0.2) is 4.98 Å². The van der Waals surface area contributed by atoms with Gasteiger partial charge in [-0.3, -0.25) is 0 Å². The number of phenols is 1. The minimum atomic E-state index is 0.195. The van der Waals surface area contributed by atoms with Gasteiger partial charge in [0.25, 0.3) is 0 Å². The summed E-state index contributed by atoms with van der Waals surface area (Å²) in [5.74, 6) is 0.748. The Morgan fingerprint density at radius 2 is 2.24 bits per heavy atom. The van der Waals surface area contributed by atoms with Gasteiger partial charge in [-0.15, -0.1) is 0 Å². The number of nitrogens with zero attached hydrogens (tertiary/aromatic N) is 2. The molecular weight excluding hydrogens is 266 g/mol.